The standard InChI is InChI=1S/C26H19N3O3/c30-24(27-19-10-2-1-3-11-19)16-29-25(31)23(28-26(29)32)15-22-20-12-6-4-8-17(20)14-18-9-5-7-13-21(18)22/h1-15H,16H2,(H,27,30)(H,28,32)/b23-15-. The topological polar surface area (TPSA) is 78.5 Å². The van der Waals surface area contributed by atoms with E-state index in [0.29, 0.717) is 5.69 Å². The van der Waals surface area contributed by atoms with Crippen LogP contribution in [0.5, 0.6) is 0 Å². The Kier molecular flexibility index (Phi) is 4.88. The van der Waals surface area contributed by atoms with Crippen molar-refractivity contribution in [2.45, 2.75) is 0 Å². The van der Waals surface area contributed by atoms with E-state index in [1.54, 1.807) is 30.3 Å². The fraction of sp³-hybridized carbons (Fsp3) is 0.0385. The number of urea groups is 1. The Morgan fingerprint density at radius 1 is 0.844 bits per heavy atom. The molecule has 1 aliphatic rings. The number of hydrogen-bond acceptors (Lipinski definition) is 3. The summed E-state index contributed by atoms with van der Waals surface area (Å²) in [7, 11) is 0. The van der Waals surface area contributed by atoms with Crippen LogP contribution < -0.4 is 10.6 Å². The summed E-state index contributed by atoms with van der Waals surface area (Å²) in [4.78, 5) is 38.7. The van der Waals surface area contributed by atoms with Gasteiger partial charge in [0.15, 0.2) is 0 Å². The number of imide groups is 1. The lowest BCUT2D eigenvalue weighted by molar-refractivity contribution is -0.127. The van der Waals surface area contributed by atoms with Crippen LogP contribution in [0, 0.1) is 0 Å². The summed E-state index contributed by atoms with van der Waals surface area (Å²) in [5, 5.41) is 9.33. The van der Waals surface area contributed by atoms with Crippen LogP contribution in [-0.4, -0.2) is 29.3 Å². The van der Waals surface area contributed by atoms with Gasteiger partial charge >= 0.3 is 6.03 Å². The number of fused-ring (bicyclic) bond motifs is 2. The van der Waals surface area contributed by atoms with Crippen molar-refractivity contribution in [3.05, 3.63) is 96.2 Å². The summed E-state index contributed by atoms with van der Waals surface area (Å²) < 4.78 is 0. The van der Waals surface area contributed by atoms with Crippen molar-refractivity contribution in [2.24, 2.45) is 0 Å². The van der Waals surface area contributed by atoms with Crippen LogP contribution >= 0.6 is 0 Å². The van der Waals surface area contributed by atoms with Crippen LogP contribution in [-0.2, 0) is 9.59 Å². The quantitative estimate of drug-likeness (QED) is 0.289. The number of nitrogens with zero attached hydrogens (tertiary/aromatic N) is 1. The van der Waals surface area contributed by atoms with Crippen molar-refractivity contribution in [1.29, 1.82) is 0 Å². The van der Waals surface area contributed by atoms with E-state index in [1.165, 1.54) is 0 Å². The molecule has 4 amide bonds. The smallest absolute Gasteiger partial charge is 0.325 e. The molecule has 6 nitrogen and oxygen atoms in total. The van der Waals surface area contributed by atoms with E-state index >= 15 is 0 Å². The number of rotatable bonds is 4. The van der Waals surface area contributed by atoms with Crippen LogP contribution in [0.1, 0.15) is 5.56 Å². The molecule has 0 spiro atoms. The fourth-order valence-corrected chi connectivity index (χ4v) is 3.93. The Hall–Kier alpha value is -4.45. The Morgan fingerprint density at radius 2 is 1.44 bits per heavy atom. The molecule has 4 aromatic carbocycles. The zero-order valence-corrected chi connectivity index (χ0v) is 17.0. The molecule has 0 bridgehead atoms. The lowest BCUT2D eigenvalue weighted by Gasteiger charge is -2.12. The molecule has 1 heterocycles. The van der Waals surface area contributed by atoms with E-state index in [-0.39, 0.29) is 12.2 Å². The SMILES string of the molecule is O=C(CN1C(=O)N/C(=C\c2c3ccccc3cc3ccccc23)C1=O)Nc1ccccc1. The number of hydrogen-bond donors (Lipinski definition) is 2. The molecule has 5 rings (SSSR count). The van der Waals surface area contributed by atoms with Gasteiger partial charge in [0, 0.05) is 5.69 Å². The van der Waals surface area contributed by atoms with E-state index in [0.717, 1.165) is 32.0 Å². The molecular formula is C26H19N3O3. The average molecular weight is 421 g/mol. The number of benzene rings is 4. The zero-order valence-electron chi connectivity index (χ0n) is 17.0. The largest absolute Gasteiger partial charge is 0.329 e. The van der Waals surface area contributed by atoms with E-state index in [1.807, 2.05) is 54.6 Å². The van der Waals surface area contributed by atoms with Crippen LogP contribution in [0.25, 0.3) is 27.6 Å². The summed E-state index contributed by atoms with van der Waals surface area (Å²) in [5.41, 5.74) is 1.59. The van der Waals surface area contributed by atoms with Gasteiger partial charge in [-0.2, -0.15) is 0 Å². The first-order valence-corrected chi connectivity index (χ1v) is 10.2. The monoisotopic (exact) mass is 421 g/mol. The Bertz CT molecular complexity index is 1360. The van der Waals surface area contributed by atoms with Crippen molar-refractivity contribution in [1.82, 2.24) is 10.2 Å². The van der Waals surface area contributed by atoms with Crippen molar-refractivity contribution >= 4 is 51.2 Å². The first kappa shape index (κ1) is 19.5. The Morgan fingerprint density at radius 3 is 2.09 bits per heavy atom. The highest BCUT2D eigenvalue weighted by atomic mass is 16.2. The van der Waals surface area contributed by atoms with E-state index in [4.69, 9.17) is 0 Å². The minimum Gasteiger partial charge on any atom is -0.325 e. The molecule has 1 fully saturated rings. The molecule has 156 valence electrons. The molecule has 32 heavy (non-hydrogen) atoms. The highest BCUT2D eigenvalue weighted by Gasteiger charge is 2.35. The Balaban J connectivity index is 1.48. The molecule has 0 radical (unpaired) electrons. The predicted octanol–water partition coefficient (Wildman–Crippen LogP) is 4.52. The van der Waals surface area contributed by atoms with Crippen molar-refractivity contribution in [2.75, 3.05) is 11.9 Å². The maximum Gasteiger partial charge on any atom is 0.329 e. The second-order valence-corrected chi connectivity index (χ2v) is 7.53. The van der Waals surface area contributed by atoms with Gasteiger partial charge in [0.1, 0.15) is 12.2 Å². The number of carbonyl (C=O) groups excluding carboxylic acids is 3. The number of nitrogens with one attached hydrogen (secondary N) is 2. The minimum absolute atomic E-state index is 0.143. The number of amides is 4. The summed E-state index contributed by atoms with van der Waals surface area (Å²) >= 11 is 0. The van der Waals surface area contributed by atoms with Crippen molar-refractivity contribution in [3.8, 4) is 0 Å². The normalized spacial score (nSPS) is 14.9. The lowest BCUT2D eigenvalue weighted by atomic mass is 9.96. The highest BCUT2D eigenvalue weighted by Crippen LogP contribution is 2.30. The van der Waals surface area contributed by atoms with Gasteiger partial charge in [-0.15, -0.1) is 0 Å². The minimum atomic E-state index is -0.617. The van der Waals surface area contributed by atoms with Crippen molar-refractivity contribution in [3.63, 3.8) is 0 Å². The molecule has 0 unspecified atom stereocenters. The van der Waals surface area contributed by atoms with Gasteiger partial charge in [0.05, 0.1) is 0 Å². The average Bonchev–Trinajstić information content (AvgIpc) is 3.07. The van der Waals surface area contributed by atoms with Crippen LogP contribution in [0.15, 0.2) is 90.6 Å². The fourth-order valence-electron chi connectivity index (χ4n) is 3.93. The molecular weight excluding hydrogens is 402 g/mol. The molecule has 2 N–H and O–H groups in total. The van der Waals surface area contributed by atoms with Gasteiger partial charge in [-0.3, -0.25) is 9.59 Å². The third-order valence-corrected chi connectivity index (χ3v) is 5.42. The highest BCUT2D eigenvalue weighted by molar-refractivity contribution is 6.18. The van der Waals surface area contributed by atoms with Gasteiger partial charge in [0.25, 0.3) is 5.91 Å². The van der Waals surface area contributed by atoms with Gasteiger partial charge < -0.3 is 10.6 Å². The molecule has 0 aliphatic carbocycles. The third-order valence-electron chi connectivity index (χ3n) is 5.42. The molecule has 1 saturated heterocycles. The second-order valence-electron chi connectivity index (χ2n) is 7.53. The predicted molar refractivity (Wildman–Crippen MR) is 125 cm³/mol. The molecule has 0 aromatic heterocycles. The van der Waals surface area contributed by atoms with Crippen LogP contribution in [0.3, 0.4) is 0 Å². The first-order chi connectivity index (χ1) is 15.6. The Labute approximate surface area is 184 Å². The zero-order chi connectivity index (χ0) is 22.1. The summed E-state index contributed by atoms with van der Waals surface area (Å²) in [6.45, 7) is -0.368. The molecule has 6 heteroatoms. The van der Waals surface area contributed by atoms with Gasteiger partial charge in [0.2, 0.25) is 5.91 Å². The van der Waals surface area contributed by atoms with Crippen LogP contribution in [0.2, 0.25) is 0 Å². The molecule has 0 atom stereocenters. The summed E-state index contributed by atoms with van der Waals surface area (Å²) in [6.07, 6.45) is 1.69. The summed E-state index contributed by atoms with van der Waals surface area (Å²) in [5.74, 6) is -0.980. The molecule has 4 aromatic rings. The third kappa shape index (κ3) is 3.58. The number of para-hydroxylation sites is 1. The van der Waals surface area contributed by atoms with Crippen LogP contribution in [0.4, 0.5) is 10.5 Å². The van der Waals surface area contributed by atoms with E-state index in [2.05, 4.69) is 16.7 Å². The lowest BCUT2D eigenvalue weighted by Crippen LogP contribution is -2.38. The number of anilines is 1. The van der Waals surface area contributed by atoms with Gasteiger partial charge in [-0.1, -0.05) is 66.7 Å². The summed E-state index contributed by atoms with van der Waals surface area (Å²) in [6, 6.07) is 26.2. The van der Waals surface area contributed by atoms with Gasteiger partial charge in [-0.05, 0) is 51.4 Å². The van der Waals surface area contributed by atoms with E-state index < -0.39 is 17.8 Å². The molecule has 0 saturated carbocycles. The first-order valence-electron chi connectivity index (χ1n) is 10.2. The maximum atomic E-state index is 13.0. The van der Waals surface area contributed by atoms with Gasteiger partial charge in [-0.25, -0.2) is 9.69 Å². The maximum absolute atomic E-state index is 13.0. The van der Waals surface area contributed by atoms with Crippen molar-refractivity contribution < 1.29 is 14.4 Å². The van der Waals surface area contributed by atoms with E-state index in [9.17, 15) is 14.4 Å². The molecule has 1 aliphatic heterocycles. The number of carbonyl (C=O) groups is 3. The second kappa shape index (κ2) is 8.00.